The molecule has 1 amide bonds. The maximum Gasteiger partial charge on any atom is 0.339 e. The van der Waals surface area contributed by atoms with E-state index in [2.05, 4.69) is 5.32 Å². The summed E-state index contributed by atoms with van der Waals surface area (Å²) in [5.74, 6) is -1.25. The molecule has 3 atom stereocenters. The number of carboxylic acid groups (broad SMARTS) is 1. The van der Waals surface area contributed by atoms with Gasteiger partial charge in [0.15, 0.2) is 5.76 Å². The Morgan fingerprint density at radius 2 is 2.18 bits per heavy atom. The fourth-order valence-corrected chi connectivity index (χ4v) is 2.64. The van der Waals surface area contributed by atoms with Gasteiger partial charge in [-0.15, -0.1) is 0 Å². The number of carboxylic acids is 1. The number of ether oxygens (including phenoxy) is 2. The van der Waals surface area contributed by atoms with E-state index in [1.807, 2.05) is 6.92 Å². The molecule has 0 aromatic carbocycles. The predicted octanol–water partition coefficient (Wildman–Crippen LogP) is 1.46. The molecule has 1 saturated carbocycles. The highest BCUT2D eigenvalue weighted by Gasteiger charge is 2.43. The van der Waals surface area contributed by atoms with E-state index in [9.17, 15) is 9.59 Å². The molecule has 22 heavy (non-hydrogen) atoms. The quantitative estimate of drug-likeness (QED) is 0.791. The van der Waals surface area contributed by atoms with Crippen molar-refractivity contribution in [3.8, 4) is 0 Å². The van der Waals surface area contributed by atoms with Crippen LogP contribution in [0.4, 0.5) is 0 Å². The molecule has 2 rings (SSSR count). The molecule has 0 bridgehead atoms. The third-order valence-electron chi connectivity index (χ3n) is 3.80. The van der Waals surface area contributed by atoms with Gasteiger partial charge in [0.2, 0.25) is 0 Å². The van der Waals surface area contributed by atoms with E-state index < -0.39 is 11.9 Å². The monoisotopic (exact) mass is 311 g/mol. The van der Waals surface area contributed by atoms with E-state index in [-0.39, 0.29) is 29.6 Å². The molecule has 1 fully saturated rings. The van der Waals surface area contributed by atoms with Crippen LogP contribution in [0.2, 0.25) is 0 Å². The average molecular weight is 311 g/mol. The van der Waals surface area contributed by atoms with E-state index in [0.29, 0.717) is 25.2 Å². The summed E-state index contributed by atoms with van der Waals surface area (Å²) in [5, 5.41) is 11.9. The molecule has 1 aromatic rings. The Morgan fingerprint density at radius 3 is 2.68 bits per heavy atom. The van der Waals surface area contributed by atoms with Crippen molar-refractivity contribution in [2.24, 2.45) is 0 Å². The van der Waals surface area contributed by atoms with Crippen molar-refractivity contribution in [3.63, 3.8) is 0 Å². The first-order valence-corrected chi connectivity index (χ1v) is 7.33. The van der Waals surface area contributed by atoms with Crippen LogP contribution in [-0.2, 0) is 15.9 Å². The summed E-state index contributed by atoms with van der Waals surface area (Å²) in [4.78, 5) is 23.3. The summed E-state index contributed by atoms with van der Waals surface area (Å²) in [6.07, 6.45) is 0.831. The highest BCUT2D eigenvalue weighted by atomic mass is 16.5. The normalized spacial score (nSPS) is 23.9. The van der Waals surface area contributed by atoms with Crippen molar-refractivity contribution in [3.05, 3.63) is 23.2 Å². The number of aromatic carboxylic acids is 1. The molecular weight excluding hydrogens is 290 g/mol. The molecule has 1 heterocycles. The molecule has 0 radical (unpaired) electrons. The Labute approximate surface area is 128 Å². The summed E-state index contributed by atoms with van der Waals surface area (Å²) in [6.45, 7) is 4.26. The summed E-state index contributed by atoms with van der Waals surface area (Å²) >= 11 is 0. The van der Waals surface area contributed by atoms with Gasteiger partial charge in [-0.05, 0) is 13.3 Å². The van der Waals surface area contributed by atoms with Crippen LogP contribution in [0.5, 0.6) is 0 Å². The van der Waals surface area contributed by atoms with Gasteiger partial charge in [-0.25, -0.2) is 4.79 Å². The van der Waals surface area contributed by atoms with E-state index >= 15 is 0 Å². The Hall–Kier alpha value is -1.86. The van der Waals surface area contributed by atoms with E-state index in [0.717, 1.165) is 0 Å². The van der Waals surface area contributed by atoms with Crippen LogP contribution in [0.1, 0.15) is 46.9 Å². The Morgan fingerprint density at radius 1 is 1.45 bits per heavy atom. The number of amides is 1. The lowest BCUT2D eigenvalue weighted by atomic mass is 9.85. The van der Waals surface area contributed by atoms with Gasteiger partial charge < -0.3 is 24.3 Å². The van der Waals surface area contributed by atoms with Gasteiger partial charge in [-0.2, -0.15) is 0 Å². The number of carbonyl (C=O) groups excluding carboxylic acids is 1. The van der Waals surface area contributed by atoms with Gasteiger partial charge in [-0.3, -0.25) is 4.79 Å². The van der Waals surface area contributed by atoms with E-state index in [1.54, 1.807) is 14.0 Å². The number of aryl methyl sites for hydroxylation is 1. The molecule has 0 aliphatic heterocycles. The third-order valence-corrected chi connectivity index (χ3v) is 3.80. The Kier molecular flexibility index (Phi) is 5.20. The molecule has 0 saturated heterocycles. The second-order valence-electron chi connectivity index (χ2n) is 5.12. The smallest absolute Gasteiger partial charge is 0.339 e. The van der Waals surface area contributed by atoms with Crippen LogP contribution in [0.25, 0.3) is 0 Å². The molecule has 1 aliphatic carbocycles. The van der Waals surface area contributed by atoms with Gasteiger partial charge in [-0.1, -0.05) is 6.92 Å². The second-order valence-corrected chi connectivity index (χ2v) is 5.12. The predicted molar refractivity (Wildman–Crippen MR) is 77.1 cm³/mol. The number of hydrogen-bond donors (Lipinski definition) is 2. The van der Waals surface area contributed by atoms with E-state index in [1.165, 1.54) is 6.07 Å². The van der Waals surface area contributed by atoms with Crippen LogP contribution >= 0.6 is 0 Å². The number of carbonyl (C=O) groups is 2. The number of methoxy groups -OCH3 is 1. The van der Waals surface area contributed by atoms with Crippen LogP contribution in [0.15, 0.2) is 10.5 Å². The lowest BCUT2D eigenvalue weighted by Gasteiger charge is -2.43. The second kappa shape index (κ2) is 6.93. The first-order chi connectivity index (χ1) is 10.5. The summed E-state index contributed by atoms with van der Waals surface area (Å²) in [5.41, 5.74) is 0.0248. The molecule has 7 heteroatoms. The van der Waals surface area contributed by atoms with Crippen molar-refractivity contribution in [2.75, 3.05) is 13.7 Å². The number of nitrogens with one attached hydrogen (secondary N) is 1. The summed E-state index contributed by atoms with van der Waals surface area (Å²) in [6, 6.07) is 1.09. The van der Waals surface area contributed by atoms with Crippen LogP contribution < -0.4 is 5.32 Å². The zero-order chi connectivity index (χ0) is 16.3. The largest absolute Gasteiger partial charge is 0.478 e. The highest BCUT2D eigenvalue weighted by Crippen LogP contribution is 2.27. The van der Waals surface area contributed by atoms with Crippen molar-refractivity contribution >= 4 is 11.9 Å². The maximum absolute atomic E-state index is 12.2. The highest BCUT2D eigenvalue weighted by molar-refractivity contribution is 5.96. The van der Waals surface area contributed by atoms with E-state index in [4.69, 9.17) is 19.0 Å². The number of rotatable bonds is 7. The van der Waals surface area contributed by atoms with Gasteiger partial charge >= 0.3 is 5.97 Å². The zero-order valence-corrected chi connectivity index (χ0v) is 12.9. The molecule has 0 spiro atoms. The van der Waals surface area contributed by atoms with Gasteiger partial charge in [0, 0.05) is 26.2 Å². The Balaban J connectivity index is 2.03. The van der Waals surface area contributed by atoms with Crippen LogP contribution in [-0.4, -0.2) is 48.9 Å². The van der Waals surface area contributed by atoms with Gasteiger partial charge in [0.1, 0.15) is 17.4 Å². The number of furan rings is 1. The van der Waals surface area contributed by atoms with Crippen molar-refractivity contribution in [2.45, 2.75) is 44.9 Å². The fraction of sp³-hybridized carbons (Fsp3) is 0.600. The van der Waals surface area contributed by atoms with Crippen molar-refractivity contribution < 1.29 is 28.6 Å². The SMILES string of the molecule is CCOC1CC(NC(=O)c2cc(C(=O)O)c(CC)o2)C1OC. The van der Waals surface area contributed by atoms with Crippen LogP contribution in [0.3, 0.4) is 0 Å². The minimum atomic E-state index is -1.10. The molecule has 1 aromatic heterocycles. The first-order valence-electron chi connectivity index (χ1n) is 7.33. The zero-order valence-electron chi connectivity index (χ0n) is 12.9. The molecular formula is C15H21NO6. The molecule has 1 aliphatic rings. The topological polar surface area (TPSA) is 98.0 Å². The molecule has 3 unspecified atom stereocenters. The van der Waals surface area contributed by atoms with Gasteiger partial charge in [0.05, 0.1) is 12.1 Å². The lowest BCUT2D eigenvalue weighted by molar-refractivity contribution is -0.128. The lowest BCUT2D eigenvalue weighted by Crippen LogP contribution is -2.60. The standard InChI is InChI=1S/C15H21NO6/c1-4-10-8(15(18)19)6-12(22-10)14(17)16-9-7-11(21-5-2)13(9)20-3/h6,9,11,13H,4-5,7H2,1-3H3,(H,16,17)(H,18,19). The Bertz CT molecular complexity index is 552. The molecule has 122 valence electrons. The molecule has 2 N–H and O–H groups in total. The maximum atomic E-state index is 12.2. The first kappa shape index (κ1) is 16.5. The summed E-state index contributed by atoms with van der Waals surface area (Å²) in [7, 11) is 1.57. The van der Waals surface area contributed by atoms with Crippen molar-refractivity contribution in [1.29, 1.82) is 0 Å². The average Bonchev–Trinajstić information content (AvgIpc) is 2.90. The van der Waals surface area contributed by atoms with Crippen LogP contribution in [0, 0.1) is 0 Å². The van der Waals surface area contributed by atoms with Crippen molar-refractivity contribution in [1.82, 2.24) is 5.32 Å². The third kappa shape index (κ3) is 3.15. The number of hydrogen-bond acceptors (Lipinski definition) is 5. The van der Waals surface area contributed by atoms with Gasteiger partial charge in [0.25, 0.3) is 5.91 Å². The minimum absolute atomic E-state index is 0.00367. The minimum Gasteiger partial charge on any atom is -0.478 e. The molecule has 7 nitrogen and oxygen atoms in total. The summed E-state index contributed by atoms with van der Waals surface area (Å²) < 4.78 is 16.2. The fourth-order valence-electron chi connectivity index (χ4n) is 2.64.